The Labute approximate surface area is 154 Å². The van der Waals surface area contributed by atoms with Gasteiger partial charge in [-0.2, -0.15) is 0 Å². The molecule has 0 saturated heterocycles. The molecular weight excluding hydrogens is 334 g/mol. The molecule has 132 valence electrons. The molecule has 25 heavy (non-hydrogen) atoms. The second-order valence-electron chi connectivity index (χ2n) is 7.53. The normalized spacial score (nSPS) is 20.4. The summed E-state index contributed by atoms with van der Waals surface area (Å²) in [5.41, 5.74) is 2.46. The van der Waals surface area contributed by atoms with Gasteiger partial charge in [0.05, 0.1) is 5.70 Å². The molecule has 0 bridgehead atoms. The van der Waals surface area contributed by atoms with Crippen LogP contribution in [0.2, 0.25) is 5.02 Å². The Morgan fingerprint density at radius 1 is 1.32 bits per heavy atom. The molecule has 0 aromatic heterocycles. The third-order valence-corrected chi connectivity index (χ3v) is 4.98. The lowest BCUT2D eigenvalue weighted by Gasteiger charge is -2.28. The van der Waals surface area contributed by atoms with E-state index in [9.17, 15) is 4.79 Å². The molecule has 2 atom stereocenters. The number of hydrogen-bond acceptors (Lipinski definition) is 3. The molecule has 0 aliphatic carbocycles. The van der Waals surface area contributed by atoms with E-state index in [1.54, 1.807) is 0 Å². The summed E-state index contributed by atoms with van der Waals surface area (Å²) in [7, 11) is 0. The molecule has 4 nitrogen and oxygen atoms in total. The number of carbonyl (C=O) groups is 1. The first-order chi connectivity index (χ1) is 11.8. The van der Waals surface area contributed by atoms with Gasteiger partial charge >= 0.3 is 0 Å². The Hall–Kier alpha value is -2.20. The number of carbonyl (C=O) groups excluding carboxylic acids is 1. The molecule has 0 saturated carbocycles. The maximum Gasteiger partial charge on any atom is 0.269 e. The second-order valence-corrected chi connectivity index (χ2v) is 7.97. The average molecular weight is 358 g/mol. The summed E-state index contributed by atoms with van der Waals surface area (Å²) in [5, 5.41) is 7.15. The van der Waals surface area contributed by atoms with Crippen molar-refractivity contribution in [1.29, 1.82) is 0 Å². The van der Waals surface area contributed by atoms with Gasteiger partial charge in [0.1, 0.15) is 11.9 Å². The van der Waals surface area contributed by atoms with Crippen LogP contribution in [-0.4, -0.2) is 16.8 Å². The van der Waals surface area contributed by atoms with E-state index in [-0.39, 0.29) is 23.5 Å². The monoisotopic (exact) mass is 357 g/mol. The summed E-state index contributed by atoms with van der Waals surface area (Å²) in [6.45, 7) is 8.37. The van der Waals surface area contributed by atoms with Gasteiger partial charge in [-0.15, -0.1) is 0 Å². The van der Waals surface area contributed by atoms with Crippen molar-refractivity contribution < 1.29 is 4.79 Å². The minimum atomic E-state index is -0.152. The van der Waals surface area contributed by atoms with Crippen LogP contribution in [0.3, 0.4) is 0 Å². The van der Waals surface area contributed by atoms with Crippen LogP contribution in [0.1, 0.15) is 39.4 Å². The van der Waals surface area contributed by atoms with E-state index >= 15 is 0 Å². The number of nitrogens with one attached hydrogen (secondary N) is 2. The third-order valence-electron chi connectivity index (χ3n) is 4.74. The summed E-state index contributed by atoms with van der Waals surface area (Å²) < 4.78 is 0. The SMILES string of the molecule is CC(NC(=O)C1=C2C=CC=CN2C(c2cccc(Cl)c2)N1)C(C)(C)C. The zero-order chi connectivity index (χ0) is 18.2. The smallest absolute Gasteiger partial charge is 0.269 e. The molecule has 1 aromatic rings. The summed E-state index contributed by atoms with van der Waals surface area (Å²) in [6.07, 6.45) is 7.67. The molecule has 0 spiro atoms. The predicted octanol–water partition coefficient (Wildman–Crippen LogP) is 4.09. The van der Waals surface area contributed by atoms with Crippen LogP contribution in [0.4, 0.5) is 0 Å². The van der Waals surface area contributed by atoms with Crippen molar-refractivity contribution in [3.63, 3.8) is 0 Å². The molecule has 1 amide bonds. The number of benzene rings is 1. The van der Waals surface area contributed by atoms with Crippen molar-refractivity contribution in [2.24, 2.45) is 5.41 Å². The van der Waals surface area contributed by atoms with E-state index in [2.05, 4.69) is 36.3 Å². The van der Waals surface area contributed by atoms with Crippen LogP contribution in [-0.2, 0) is 4.79 Å². The van der Waals surface area contributed by atoms with Crippen LogP contribution in [0, 0.1) is 5.41 Å². The molecule has 2 unspecified atom stereocenters. The fourth-order valence-corrected chi connectivity index (χ4v) is 2.96. The summed E-state index contributed by atoms with van der Waals surface area (Å²) in [6, 6.07) is 7.74. The molecule has 2 N–H and O–H groups in total. The van der Waals surface area contributed by atoms with Gasteiger partial charge in [-0.05, 0) is 42.2 Å². The minimum absolute atomic E-state index is 0.00611. The number of rotatable bonds is 3. The highest BCUT2D eigenvalue weighted by Crippen LogP contribution is 2.34. The number of nitrogens with zero attached hydrogens (tertiary/aromatic N) is 1. The van der Waals surface area contributed by atoms with Crippen molar-refractivity contribution >= 4 is 17.5 Å². The lowest BCUT2D eigenvalue weighted by atomic mass is 9.88. The molecule has 5 heteroatoms. The first kappa shape index (κ1) is 17.6. The van der Waals surface area contributed by atoms with Crippen molar-refractivity contribution in [3.8, 4) is 0 Å². The van der Waals surface area contributed by atoms with Crippen molar-refractivity contribution in [3.05, 3.63) is 70.7 Å². The van der Waals surface area contributed by atoms with Crippen LogP contribution in [0.5, 0.6) is 0 Å². The predicted molar refractivity (Wildman–Crippen MR) is 102 cm³/mol. The van der Waals surface area contributed by atoms with Crippen molar-refractivity contribution in [2.45, 2.75) is 39.9 Å². The Bertz CT molecular complexity index is 773. The first-order valence-electron chi connectivity index (χ1n) is 8.48. The highest BCUT2D eigenvalue weighted by Gasteiger charge is 2.35. The van der Waals surface area contributed by atoms with Gasteiger partial charge in [-0.3, -0.25) is 4.79 Å². The fourth-order valence-electron chi connectivity index (χ4n) is 2.76. The largest absolute Gasteiger partial charge is 0.355 e. The summed E-state index contributed by atoms with van der Waals surface area (Å²) in [5.74, 6) is -0.0908. The Balaban J connectivity index is 1.88. The zero-order valence-electron chi connectivity index (χ0n) is 15.0. The maximum atomic E-state index is 12.9. The van der Waals surface area contributed by atoms with Gasteiger partial charge in [-0.1, -0.05) is 50.6 Å². The van der Waals surface area contributed by atoms with E-state index in [1.165, 1.54) is 0 Å². The van der Waals surface area contributed by atoms with Gasteiger partial charge in [0.25, 0.3) is 5.91 Å². The van der Waals surface area contributed by atoms with Crippen LogP contribution in [0.25, 0.3) is 0 Å². The van der Waals surface area contributed by atoms with Gasteiger partial charge in [0, 0.05) is 17.3 Å². The topological polar surface area (TPSA) is 44.4 Å². The first-order valence-corrected chi connectivity index (χ1v) is 8.85. The van der Waals surface area contributed by atoms with Crippen LogP contribution >= 0.6 is 11.6 Å². The minimum Gasteiger partial charge on any atom is -0.355 e. The van der Waals surface area contributed by atoms with E-state index < -0.39 is 0 Å². The number of allylic oxidation sites excluding steroid dienone is 3. The zero-order valence-corrected chi connectivity index (χ0v) is 15.8. The fraction of sp³-hybridized carbons (Fsp3) is 0.350. The van der Waals surface area contributed by atoms with E-state index in [1.807, 2.05) is 55.6 Å². The molecule has 2 heterocycles. The Kier molecular flexibility index (Phi) is 4.65. The van der Waals surface area contributed by atoms with E-state index in [4.69, 9.17) is 11.6 Å². The second kappa shape index (κ2) is 6.60. The number of halogens is 1. The lowest BCUT2D eigenvalue weighted by molar-refractivity contribution is -0.119. The Morgan fingerprint density at radius 2 is 2.08 bits per heavy atom. The van der Waals surface area contributed by atoms with Gasteiger partial charge < -0.3 is 15.5 Å². The molecule has 2 aliphatic heterocycles. The third kappa shape index (κ3) is 3.59. The van der Waals surface area contributed by atoms with Crippen molar-refractivity contribution in [2.75, 3.05) is 0 Å². The Morgan fingerprint density at radius 3 is 2.76 bits per heavy atom. The summed E-state index contributed by atoms with van der Waals surface area (Å²) in [4.78, 5) is 14.9. The molecule has 2 aliphatic rings. The number of fused-ring (bicyclic) bond motifs is 1. The van der Waals surface area contributed by atoms with Gasteiger partial charge in [-0.25, -0.2) is 0 Å². The number of amides is 1. The molecule has 0 radical (unpaired) electrons. The highest BCUT2D eigenvalue weighted by atomic mass is 35.5. The average Bonchev–Trinajstić information content (AvgIpc) is 2.93. The lowest BCUT2D eigenvalue weighted by Crippen LogP contribution is -2.43. The summed E-state index contributed by atoms with van der Waals surface area (Å²) >= 11 is 6.15. The van der Waals surface area contributed by atoms with Crippen molar-refractivity contribution in [1.82, 2.24) is 15.5 Å². The van der Waals surface area contributed by atoms with Gasteiger partial charge in [0.2, 0.25) is 0 Å². The van der Waals surface area contributed by atoms with Crippen LogP contribution < -0.4 is 10.6 Å². The molecule has 0 fully saturated rings. The number of hydrogen-bond donors (Lipinski definition) is 2. The van der Waals surface area contributed by atoms with E-state index in [0.29, 0.717) is 10.7 Å². The standard InChI is InChI=1S/C20H24ClN3O/c1-13(20(2,3)4)22-19(25)17-16-10-5-6-11-24(16)18(23-17)14-8-7-9-15(21)12-14/h5-13,18,23H,1-4H3,(H,22,25). The maximum absolute atomic E-state index is 12.9. The van der Waals surface area contributed by atoms with Gasteiger partial charge in [0.15, 0.2) is 0 Å². The molecule has 1 aromatic carbocycles. The van der Waals surface area contributed by atoms with Crippen LogP contribution in [0.15, 0.2) is 60.1 Å². The quantitative estimate of drug-likeness (QED) is 0.856. The highest BCUT2D eigenvalue weighted by molar-refractivity contribution is 6.30. The molecular formula is C20H24ClN3O. The molecule has 3 rings (SSSR count). The van der Waals surface area contributed by atoms with E-state index in [0.717, 1.165) is 11.3 Å².